The van der Waals surface area contributed by atoms with E-state index in [4.69, 9.17) is 6.42 Å². The first-order valence-corrected chi connectivity index (χ1v) is 6.80. The first-order valence-electron chi connectivity index (χ1n) is 5.64. The van der Waals surface area contributed by atoms with Crippen LogP contribution in [0.5, 0.6) is 0 Å². The van der Waals surface area contributed by atoms with Crippen molar-refractivity contribution in [3.05, 3.63) is 18.2 Å². The molecule has 1 aromatic heterocycles. The van der Waals surface area contributed by atoms with Gasteiger partial charge in [0.15, 0.2) is 0 Å². The Hall–Kier alpha value is -0.920. The summed E-state index contributed by atoms with van der Waals surface area (Å²) in [6.45, 7) is 1.91. The number of nitrogens with one attached hydrogen (secondary N) is 1. The zero-order valence-electron chi connectivity index (χ0n) is 9.35. The van der Waals surface area contributed by atoms with Crippen molar-refractivity contribution >= 4 is 11.8 Å². The standard InChI is InChI=1S/C12H17N3S/c1-2-6-16-7-5-13-8-12-9-14-10-15(12)11-3-4-11/h1,9-11,13H,3-8H2. The summed E-state index contributed by atoms with van der Waals surface area (Å²) in [4.78, 5) is 4.20. The van der Waals surface area contributed by atoms with Gasteiger partial charge in [-0.05, 0) is 12.8 Å². The summed E-state index contributed by atoms with van der Waals surface area (Å²) in [7, 11) is 0. The molecule has 1 heterocycles. The molecule has 0 unspecified atom stereocenters. The van der Waals surface area contributed by atoms with Crippen molar-refractivity contribution in [3.8, 4) is 12.3 Å². The largest absolute Gasteiger partial charge is 0.330 e. The lowest BCUT2D eigenvalue weighted by Crippen LogP contribution is -2.18. The van der Waals surface area contributed by atoms with Crippen molar-refractivity contribution < 1.29 is 0 Å². The lowest BCUT2D eigenvalue weighted by Gasteiger charge is -2.07. The van der Waals surface area contributed by atoms with Gasteiger partial charge in [0, 0.05) is 31.1 Å². The Morgan fingerprint density at radius 2 is 2.50 bits per heavy atom. The first-order chi connectivity index (χ1) is 7.92. The van der Waals surface area contributed by atoms with Crippen LogP contribution in [0, 0.1) is 12.3 Å². The smallest absolute Gasteiger partial charge is 0.0951 e. The highest BCUT2D eigenvalue weighted by Crippen LogP contribution is 2.35. The van der Waals surface area contributed by atoms with E-state index in [1.165, 1.54) is 18.5 Å². The molecule has 0 atom stereocenters. The predicted octanol–water partition coefficient (Wildman–Crippen LogP) is 1.67. The lowest BCUT2D eigenvalue weighted by atomic mass is 10.4. The van der Waals surface area contributed by atoms with E-state index in [1.54, 1.807) is 11.8 Å². The maximum Gasteiger partial charge on any atom is 0.0951 e. The Morgan fingerprint density at radius 3 is 3.25 bits per heavy atom. The van der Waals surface area contributed by atoms with Gasteiger partial charge in [-0.25, -0.2) is 4.98 Å². The SMILES string of the molecule is C#CCSCCNCc1cncn1C1CC1. The van der Waals surface area contributed by atoms with E-state index >= 15 is 0 Å². The van der Waals surface area contributed by atoms with E-state index in [-0.39, 0.29) is 0 Å². The normalized spacial score (nSPS) is 14.9. The molecule has 1 saturated carbocycles. The number of rotatable bonds is 7. The van der Waals surface area contributed by atoms with Crippen molar-refractivity contribution in [2.45, 2.75) is 25.4 Å². The summed E-state index contributed by atoms with van der Waals surface area (Å²) in [5.41, 5.74) is 1.30. The molecule has 1 aromatic rings. The Kier molecular flexibility index (Phi) is 4.32. The molecule has 1 aliphatic carbocycles. The monoisotopic (exact) mass is 235 g/mol. The average molecular weight is 235 g/mol. The summed E-state index contributed by atoms with van der Waals surface area (Å²) >= 11 is 1.79. The number of terminal acetylenes is 1. The quantitative estimate of drug-likeness (QED) is 0.576. The van der Waals surface area contributed by atoms with Crippen LogP contribution in [-0.2, 0) is 6.54 Å². The number of nitrogens with zero attached hydrogens (tertiary/aromatic N) is 2. The molecule has 0 bridgehead atoms. The highest BCUT2D eigenvalue weighted by molar-refractivity contribution is 7.99. The van der Waals surface area contributed by atoms with Crippen molar-refractivity contribution in [1.29, 1.82) is 0 Å². The van der Waals surface area contributed by atoms with Gasteiger partial charge in [0.05, 0.1) is 17.8 Å². The molecule has 4 heteroatoms. The van der Waals surface area contributed by atoms with Gasteiger partial charge >= 0.3 is 0 Å². The number of thioether (sulfide) groups is 1. The molecule has 3 nitrogen and oxygen atoms in total. The Bertz CT molecular complexity index is 363. The van der Waals surface area contributed by atoms with Crippen LogP contribution in [0.1, 0.15) is 24.6 Å². The molecule has 16 heavy (non-hydrogen) atoms. The Balaban J connectivity index is 1.65. The van der Waals surface area contributed by atoms with Crippen LogP contribution in [-0.4, -0.2) is 27.6 Å². The number of imidazole rings is 1. The van der Waals surface area contributed by atoms with Crippen molar-refractivity contribution in [2.75, 3.05) is 18.1 Å². The summed E-state index contributed by atoms with van der Waals surface area (Å²) < 4.78 is 2.29. The maximum atomic E-state index is 5.18. The van der Waals surface area contributed by atoms with Crippen molar-refractivity contribution in [3.63, 3.8) is 0 Å². The van der Waals surface area contributed by atoms with Crippen LogP contribution >= 0.6 is 11.8 Å². The third-order valence-electron chi connectivity index (χ3n) is 2.60. The van der Waals surface area contributed by atoms with E-state index in [9.17, 15) is 0 Å². The molecule has 0 spiro atoms. The van der Waals surface area contributed by atoms with Gasteiger partial charge in [-0.1, -0.05) is 5.92 Å². The topological polar surface area (TPSA) is 29.9 Å². The molecule has 0 aromatic carbocycles. The van der Waals surface area contributed by atoms with Gasteiger partial charge in [0.25, 0.3) is 0 Å². The Labute approximate surface area is 101 Å². The second kappa shape index (κ2) is 5.97. The number of aromatic nitrogens is 2. The minimum atomic E-state index is 0.718. The molecule has 1 aliphatic rings. The first kappa shape index (κ1) is 11.6. The highest BCUT2D eigenvalue weighted by Gasteiger charge is 2.24. The van der Waals surface area contributed by atoms with E-state index in [0.717, 1.165) is 30.6 Å². The minimum absolute atomic E-state index is 0.718. The molecule has 2 rings (SSSR count). The maximum absolute atomic E-state index is 5.18. The fraction of sp³-hybridized carbons (Fsp3) is 0.583. The third-order valence-corrected chi connectivity index (χ3v) is 3.46. The number of hydrogen-bond donors (Lipinski definition) is 1. The van der Waals surface area contributed by atoms with E-state index < -0.39 is 0 Å². The molecule has 0 amide bonds. The summed E-state index contributed by atoms with van der Waals surface area (Å²) in [6, 6.07) is 0.718. The molecule has 0 radical (unpaired) electrons. The van der Waals surface area contributed by atoms with Gasteiger partial charge < -0.3 is 9.88 Å². The van der Waals surface area contributed by atoms with Gasteiger partial charge in [-0.2, -0.15) is 0 Å². The second-order valence-electron chi connectivity index (χ2n) is 3.96. The molecule has 0 saturated heterocycles. The molecular weight excluding hydrogens is 218 g/mol. The van der Waals surface area contributed by atoms with Crippen LogP contribution < -0.4 is 5.32 Å². The van der Waals surface area contributed by atoms with Gasteiger partial charge in [0.2, 0.25) is 0 Å². The van der Waals surface area contributed by atoms with E-state index in [2.05, 4.69) is 20.8 Å². The van der Waals surface area contributed by atoms with Crippen LogP contribution in [0.25, 0.3) is 0 Å². The zero-order chi connectivity index (χ0) is 11.2. The summed E-state index contributed by atoms with van der Waals surface area (Å²) in [6.07, 6.45) is 11.7. The summed E-state index contributed by atoms with van der Waals surface area (Å²) in [5.74, 6) is 4.50. The molecule has 1 N–H and O–H groups in total. The number of hydrogen-bond acceptors (Lipinski definition) is 3. The van der Waals surface area contributed by atoms with Gasteiger partial charge in [0.1, 0.15) is 0 Å². The highest BCUT2D eigenvalue weighted by atomic mass is 32.2. The van der Waals surface area contributed by atoms with Gasteiger partial charge in [-0.15, -0.1) is 18.2 Å². The van der Waals surface area contributed by atoms with Gasteiger partial charge in [-0.3, -0.25) is 0 Å². The Morgan fingerprint density at radius 1 is 1.62 bits per heavy atom. The van der Waals surface area contributed by atoms with Crippen molar-refractivity contribution in [2.24, 2.45) is 0 Å². The van der Waals surface area contributed by atoms with Crippen LogP contribution in [0.2, 0.25) is 0 Å². The fourth-order valence-electron chi connectivity index (χ4n) is 1.64. The van der Waals surface area contributed by atoms with Crippen LogP contribution in [0.4, 0.5) is 0 Å². The molecule has 1 fully saturated rings. The minimum Gasteiger partial charge on any atom is -0.330 e. The second-order valence-corrected chi connectivity index (χ2v) is 5.06. The molecular formula is C12H17N3S. The van der Waals surface area contributed by atoms with E-state index in [0.29, 0.717) is 0 Å². The molecule has 86 valence electrons. The van der Waals surface area contributed by atoms with Crippen LogP contribution in [0.15, 0.2) is 12.5 Å². The van der Waals surface area contributed by atoms with E-state index in [1.807, 2.05) is 12.5 Å². The summed E-state index contributed by atoms with van der Waals surface area (Å²) in [5, 5.41) is 3.42. The van der Waals surface area contributed by atoms with Crippen LogP contribution in [0.3, 0.4) is 0 Å². The van der Waals surface area contributed by atoms with Crippen molar-refractivity contribution in [1.82, 2.24) is 14.9 Å². The lowest BCUT2D eigenvalue weighted by molar-refractivity contribution is 0.637. The predicted molar refractivity (Wildman–Crippen MR) is 68.4 cm³/mol. The molecule has 0 aliphatic heterocycles. The zero-order valence-corrected chi connectivity index (χ0v) is 10.2. The third kappa shape index (κ3) is 3.29. The average Bonchev–Trinajstić information content (AvgIpc) is 3.04. The fourth-order valence-corrected chi connectivity index (χ4v) is 2.19.